The van der Waals surface area contributed by atoms with E-state index in [-0.39, 0.29) is 18.0 Å². The summed E-state index contributed by atoms with van der Waals surface area (Å²) < 4.78 is 5.30. The zero-order valence-corrected chi connectivity index (χ0v) is 13.4. The van der Waals surface area contributed by atoms with Gasteiger partial charge in [-0.05, 0) is 43.2 Å². The van der Waals surface area contributed by atoms with Gasteiger partial charge in [0.1, 0.15) is 0 Å². The predicted octanol–water partition coefficient (Wildman–Crippen LogP) is 3.88. The van der Waals surface area contributed by atoms with E-state index < -0.39 is 10.8 Å². The summed E-state index contributed by atoms with van der Waals surface area (Å²) in [6.07, 6.45) is 0. The van der Waals surface area contributed by atoms with Crippen LogP contribution in [0.5, 0.6) is 5.75 Å². The Hall–Kier alpha value is -2.60. The maximum absolute atomic E-state index is 12.0. The molecule has 0 saturated heterocycles. The second kappa shape index (κ2) is 7.11. The Morgan fingerprint density at radius 1 is 1.30 bits per heavy atom. The van der Waals surface area contributed by atoms with Crippen molar-refractivity contribution in [3.63, 3.8) is 0 Å². The zero-order valence-electron chi connectivity index (χ0n) is 12.6. The van der Waals surface area contributed by atoms with Crippen LogP contribution in [0.1, 0.15) is 11.1 Å². The minimum absolute atomic E-state index is 0.0629. The molecule has 0 fully saturated rings. The van der Waals surface area contributed by atoms with Crippen molar-refractivity contribution in [1.82, 2.24) is 0 Å². The first kappa shape index (κ1) is 16.8. The largest absolute Gasteiger partial charge is 0.477 e. The number of aryl methyl sites for hydroxylation is 1. The summed E-state index contributed by atoms with van der Waals surface area (Å²) in [5.41, 5.74) is 1.94. The summed E-state index contributed by atoms with van der Waals surface area (Å²) in [5.74, 6) is -0.362. The van der Waals surface area contributed by atoms with Crippen molar-refractivity contribution < 1.29 is 14.5 Å². The van der Waals surface area contributed by atoms with E-state index in [4.69, 9.17) is 16.3 Å². The number of benzene rings is 2. The first-order valence-corrected chi connectivity index (χ1v) is 7.19. The lowest BCUT2D eigenvalue weighted by Gasteiger charge is -2.11. The Labute approximate surface area is 138 Å². The van der Waals surface area contributed by atoms with Crippen LogP contribution in [0.4, 0.5) is 11.4 Å². The van der Waals surface area contributed by atoms with Gasteiger partial charge in [0.15, 0.2) is 12.4 Å². The number of carbonyl (C=O) groups excluding carboxylic acids is 1. The van der Waals surface area contributed by atoms with Gasteiger partial charge >= 0.3 is 5.69 Å². The van der Waals surface area contributed by atoms with Crippen LogP contribution < -0.4 is 10.1 Å². The molecule has 1 amide bonds. The third-order valence-corrected chi connectivity index (χ3v) is 3.62. The number of carbonyl (C=O) groups is 1. The smallest absolute Gasteiger partial charge is 0.310 e. The van der Waals surface area contributed by atoms with Crippen LogP contribution in [0.2, 0.25) is 5.02 Å². The molecule has 1 N–H and O–H groups in total. The molecule has 6 nitrogen and oxygen atoms in total. The highest BCUT2D eigenvalue weighted by atomic mass is 35.5. The van der Waals surface area contributed by atoms with Crippen molar-refractivity contribution in [3.8, 4) is 5.75 Å². The van der Waals surface area contributed by atoms with Gasteiger partial charge in [-0.3, -0.25) is 14.9 Å². The fourth-order valence-electron chi connectivity index (χ4n) is 1.96. The van der Waals surface area contributed by atoms with E-state index in [1.54, 1.807) is 38.1 Å². The molecule has 2 aromatic carbocycles. The van der Waals surface area contributed by atoms with Crippen LogP contribution in [-0.2, 0) is 4.79 Å². The van der Waals surface area contributed by atoms with Crippen molar-refractivity contribution in [2.75, 3.05) is 11.9 Å². The first-order valence-electron chi connectivity index (χ1n) is 6.81. The number of nitrogens with zero attached hydrogens (tertiary/aromatic N) is 1. The number of nitrogens with one attached hydrogen (secondary N) is 1. The number of hydrogen-bond donors (Lipinski definition) is 1. The SMILES string of the molecule is Cc1ccc([N+](=O)[O-])c(OCC(=O)Nc2cccc(Cl)c2C)c1. The van der Waals surface area contributed by atoms with E-state index >= 15 is 0 Å². The van der Waals surface area contributed by atoms with Crippen molar-refractivity contribution >= 4 is 28.9 Å². The average Bonchev–Trinajstić information content (AvgIpc) is 2.49. The van der Waals surface area contributed by atoms with E-state index in [9.17, 15) is 14.9 Å². The highest BCUT2D eigenvalue weighted by molar-refractivity contribution is 6.31. The lowest BCUT2D eigenvalue weighted by atomic mass is 10.2. The number of nitro benzene ring substituents is 1. The molecule has 0 heterocycles. The molecule has 0 saturated carbocycles. The fraction of sp³-hybridized carbons (Fsp3) is 0.188. The van der Waals surface area contributed by atoms with E-state index in [1.807, 2.05) is 0 Å². The second-order valence-electron chi connectivity index (χ2n) is 4.98. The molecule has 0 aromatic heterocycles. The standard InChI is InChI=1S/C16H15ClN2O4/c1-10-6-7-14(19(21)22)15(8-10)23-9-16(20)18-13-5-3-4-12(17)11(13)2/h3-8H,9H2,1-2H3,(H,18,20). The highest BCUT2D eigenvalue weighted by Crippen LogP contribution is 2.28. The molecule has 0 bridgehead atoms. The summed E-state index contributed by atoms with van der Waals surface area (Å²) in [6.45, 7) is 3.23. The third-order valence-electron chi connectivity index (χ3n) is 3.21. The summed E-state index contributed by atoms with van der Waals surface area (Å²) >= 11 is 5.99. The Kier molecular flexibility index (Phi) is 5.18. The number of halogens is 1. The predicted molar refractivity (Wildman–Crippen MR) is 88.1 cm³/mol. The van der Waals surface area contributed by atoms with Crippen molar-refractivity contribution in [2.45, 2.75) is 13.8 Å². The number of hydrogen-bond acceptors (Lipinski definition) is 4. The number of anilines is 1. The minimum atomic E-state index is -0.548. The minimum Gasteiger partial charge on any atom is -0.477 e. The van der Waals surface area contributed by atoms with E-state index in [1.165, 1.54) is 12.1 Å². The Morgan fingerprint density at radius 3 is 2.74 bits per heavy atom. The summed E-state index contributed by atoms with van der Waals surface area (Å²) in [6, 6.07) is 9.64. The zero-order chi connectivity index (χ0) is 17.0. The van der Waals surface area contributed by atoms with Gasteiger partial charge in [0.2, 0.25) is 0 Å². The molecule has 7 heteroatoms. The lowest BCUT2D eigenvalue weighted by molar-refractivity contribution is -0.385. The molecular formula is C16H15ClN2O4. The van der Waals surface area contributed by atoms with Gasteiger partial charge in [-0.2, -0.15) is 0 Å². The van der Waals surface area contributed by atoms with Crippen LogP contribution in [0, 0.1) is 24.0 Å². The average molecular weight is 335 g/mol. The third kappa shape index (κ3) is 4.20. The first-order chi connectivity index (χ1) is 10.9. The quantitative estimate of drug-likeness (QED) is 0.664. The van der Waals surface area contributed by atoms with Crippen LogP contribution in [-0.4, -0.2) is 17.4 Å². The van der Waals surface area contributed by atoms with Crippen LogP contribution in [0.25, 0.3) is 0 Å². The monoisotopic (exact) mass is 334 g/mol. The van der Waals surface area contributed by atoms with Gasteiger partial charge < -0.3 is 10.1 Å². The maximum atomic E-state index is 12.0. The molecular weight excluding hydrogens is 320 g/mol. The number of rotatable bonds is 5. The Bertz CT molecular complexity index is 762. The Morgan fingerprint density at radius 2 is 2.04 bits per heavy atom. The van der Waals surface area contributed by atoms with Gasteiger partial charge in [-0.25, -0.2) is 0 Å². The number of ether oxygens (including phenoxy) is 1. The topological polar surface area (TPSA) is 81.5 Å². The Balaban J connectivity index is 2.06. The van der Waals surface area contributed by atoms with Gasteiger partial charge in [0.05, 0.1) is 4.92 Å². The fourth-order valence-corrected chi connectivity index (χ4v) is 2.13. The van der Waals surface area contributed by atoms with Gasteiger partial charge in [0.25, 0.3) is 5.91 Å². The number of amides is 1. The van der Waals surface area contributed by atoms with Crippen molar-refractivity contribution in [2.24, 2.45) is 0 Å². The van der Waals surface area contributed by atoms with Crippen molar-refractivity contribution in [3.05, 3.63) is 62.7 Å². The molecule has 0 unspecified atom stereocenters. The second-order valence-corrected chi connectivity index (χ2v) is 5.38. The lowest BCUT2D eigenvalue weighted by Crippen LogP contribution is -2.21. The molecule has 0 aliphatic carbocycles. The van der Waals surface area contributed by atoms with E-state index in [0.29, 0.717) is 10.7 Å². The molecule has 0 atom stereocenters. The van der Waals surface area contributed by atoms with Gasteiger partial charge in [0, 0.05) is 16.8 Å². The molecule has 0 radical (unpaired) electrons. The molecule has 23 heavy (non-hydrogen) atoms. The van der Waals surface area contributed by atoms with Gasteiger partial charge in [-0.15, -0.1) is 0 Å². The number of nitro groups is 1. The van der Waals surface area contributed by atoms with Crippen molar-refractivity contribution in [1.29, 1.82) is 0 Å². The summed E-state index contributed by atoms with van der Waals surface area (Å²) in [4.78, 5) is 22.4. The van der Waals surface area contributed by atoms with Crippen LogP contribution in [0.3, 0.4) is 0 Å². The summed E-state index contributed by atoms with van der Waals surface area (Å²) in [7, 11) is 0. The molecule has 120 valence electrons. The van der Waals surface area contributed by atoms with Crippen LogP contribution >= 0.6 is 11.6 Å². The molecule has 0 aliphatic heterocycles. The molecule has 0 spiro atoms. The van der Waals surface area contributed by atoms with E-state index in [2.05, 4.69) is 5.32 Å². The highest BCUT2D eigenvalue weighted by Gasteiger charge is 2.16. The molecule has 2 rings (SSSR count). The summed E-state index contributed by atoms with van der Waals surface area (Å²) in [5, 5.41) is 14.2. The maximum Gasteiger partial charge on any atom is 0.310 e. The van der Waals surface area contributed by atoms with Gasteiger partial charge in [-0.1, -0.05) is 23.7 Å². The molecule has 0 aliphatic rings. The normalized spacial score (nSPS) is 10.2. The van der Waals surface area contributed by atoms with Crippen LogP contribution in [0.15, 0.2) is 36.4 Å². The van der Waals surface area contributed by atoms with E-state index in [0.717, 1.165) is 11.1 Å². The molecule has 2 aromatic rings.